The first-order valence-electron chi connectivity index (χ1n) is 10.3. The minimum atomic E-state index is -4.68. The van der Waals surface area contributed by atoms with E-state index < -0.39 is 29.8 Å². The Morgan fingerprint density at radius 3 is 2.56 bits per heavy atom. The van der Waals surface area contributed by atoms with Gasteiger partial charge in [0, 0.05) is 35.5 Å². The molecule has 180 valence electrons. The molecule has 1 N–H and O–H groups in total. The Bertz CT molecular complexity index is 1180. The van der Waals surface area contributed by atoms with Crippen LogP contribution in [-0.4, -0.2) is 40.2 Å². The number of hydrogen-bond acceptors (Lipinski definition) is 7. The molecule has 4 rings (SSSR count). The van der Waals surface area contributed by atoms with Crippen molar-refractivity contribution < 1.29 is 31.8 Å². The van der Waals surface area contributed by atoms with Gasteiger partial charge >= 0.3 is 6.18 Å². The van der Waals surface area contributed by atoms with Crippen LogP contribution in [0, 0.1) is 12.7 Å². The van der Waals surface area contributed by atoms with Crippen LogP contribution < -0.4 is 10.1 Å². The lowest BCUT2D eigenvalue weighted by molar-refractivity contribution is -0.145. The van der Waals surface area contributed by atoms with Crippen LogP contribution in [0.5, 0.6) is 5.75 Å². The van der Waals surface area contributed by atoms with E-state index >= 15 is 4.39 Å². The number of nitrogens with zero attached hydrogens (tertiary/aromatic N) is 3. The van der Waals surface area contributed by atoms with Gasteiger partial charge in [-0.15, -0.1) is 11.3 Å². The lowest BCUT2D eigenvalue weighted by Crippen LogP contribution is -2.28. The van der Waals surface area contributed by atoms with E-state index in [-0.39, 0.29) is 28.5 Å². The second-order valence-electron chi connectivity index (χ2n) is 7.74. The van der Waals surface area contributed by atoms with Crippen molar-refractivity contribution in [2.24, 2.45) is 0 Å². The zero-order valence-corrected chi connectivity index (χ0v) is 19.0. The van der Waals surface area contributed by atoms with Crippen LogP contribution in [0.1, 0.15) is 46.0 Å². The Hall–Kier alpha value is -3.12. The summed E-state index contributed by atoms with van der Waals surface area (Å²) >= 11 is 1.27. The molecule has 1 amide bonds. The largest absolute Gasteiger partial charge is 0.488 e. The average molecular weight is 496 g/mol. The number of ether oxygens (including phenoxy) is 2. The molecule has 0 bridgehead atoms. The molecule has 1 aliphatic heterocycles. The van der Waals surface area contributed by atoms with Gasteiger partial charge in [-0.05, 0) is 26.0 Å². The number of alkyl halides is 3. The van der Waals surface area contributed by atoms with E-state index in [1.807, 2.05) is 6.92 Å². The summed E-state index contributed by atoms with van der Waals surface area (Å²) in [4.78, 5) is 24.7. The monoisotopic (exact) mass is 496 g/mol. The van der Waals surface area contributed by atoms with Gasteiger partial charge in [-0.1, -0.05) is 0 Å². The fourth-order valence-electron chi connectivity index (χ4n) is 3.33. The minimum Gasteiger partial charge on any atom is -0.488 e. The number of benzene rings is 1. The first-order valence-corrected chi connectivity index (χ1v) is 11.1. The number of aryl methyl sites for hydroxylation is 1. The Kier molecular flexibility index (Phi) is 6.80. The van der Waals surface area contributed by atoms with Gasteiger partial charge in [-0.25, -0.2) is 19.3 Å². The van der Waals surface area contributed by atoms with Gasteiger partial charge in [0.1, 0.15) is 22.7 Å². The van der Waals surface area contributed by atoms with Gasteiger partial charge < -0.3 is 14.8 Å². The zero-order chi connectivity index (χ0) is 24.5. The van der Waals surface area contributed by atoms with E-state index in [1.54, 1.807) is 6.20 Å². The number of carbonyl (C=O) groups is 1. The Morgan fingerprint density at radius 2 is 1.97 bits per heavy atom. The molecule has 3 heterocycles. The average Bonchev–Trinajstić information content (AvgIpc) is 3.46. The molecule has 1 aliphatic rings. The van der Waals surface area contributed by atoms with Crippen LogP contribution in [0.25, 0.3) is 10.6 Å². The standard InChI is InChI=1S/C22H20F4N4O3S/c1-11-7-27-20(34-11)17-6-15(33-14-3-4-32-10-14)5-16(18(17)23)19(31)30-12(2)13-8-28-21(29-9-13)22(24,25)26/h5-9,12,14H,3-4,10H2,1-2H3,(H,30,31)/t12?,14-/m1/s1. The second-order valence-corrected chi connectivity index (χ2v) is 8.98. The number of amides is 1. The van der Waals surface area contributed by atoms with Gasteiger partial charge in [-0.2, -0.15) is 13.2 Å². The van der Waals surface area contributed by atoms with Gasteiger partial charge in [0.05, 0.1) is 30.4 Å². The number of halogens is 4. The van der Waals surface area contributed by atoms with Crippen LogP contribution >= 0.6 is 11.3 Å². The molecule has 2 atom stereocenters. The van der Waals surface area contributed by atoms with Crippen molar-refractivity contribution in [1.82, 2.24) is 20.3 Å². The summed E-state index contributed by atoms with van der Waals surface area (Å²) in [5, 5.41) is 2.97. The fraction of sp³-hybridized carbons (Fsp3) is 0.364. The predicted molar refractivity (Wildman–Crippen MR) is 115 cm³/mol. The van der Waals surface area contributed by atoms with Crippen LogP contribution in [0.3, 0.4) is 0 Å². The first-order chi connectivity index (χ1) is 16.1. The van der Waals surface area contributed by atoms with E-state index in [1.165, 1.54) is 30.4 Å². The van der Waals surface area contributed by atoms with Crippen molar-refractivity contribution in [3.63, 3.8) is 0 Å². The summed E-state index contributed by atoms with van der Waals surface area (Å²) in [6.45, 7) is 4.29. The summed E-state index contributed by atoms with van der Waals surface area (Å²) in [6.07, 6.45) is -0.694. The third-order valence-electron chi connectivity index (χ3n) is 5.11. The molecular weight excluding hydrogens is 476 g/mol. The number of carbonyl (C=O) groups excluding carboxylic acids is 1. The summed E-state index contributed by atoms with van der Waals surface area (Å²) in [5.41, 5.74) is 0.0668. The number of aromatic nitrogens is 3. The molecule has 0 saturated carbocycles. The highest BCUT2D eigenvalue weighted by Gasteiger charge is 2.34. The van der Waals surface area contributed by atoms with Crippen molar-refractivity contribution in [3.8, 4) is 16.3 Å². The lowest BCUT2D eigenvalue weighted by Gasteiger charge is -2.17. The van der Waals surface area contributed by atoms with E-state index in [2.05, 4.69) is 20.3 Å². The number of thiazole rings is 1. The maximum Gasteiger partial charge on any atom is 0.451 e. The number of nitrogens with one attached hydrogen (secondary N) is 1. The van der Waals surface area contributed by atoms with Gasteiger partial charge in [-0.3, -0.25) is 4.79 Å². The van der Waals surface area contributed by atoms with Crippen LogP contribution in [-0.2, 0) is 10.9 Å². The quantitative estimate of drug-likeness (QED) is 0.497. The molecule has 1 fully saturated rings. The number of hydrogen-bond donors (Lipinski definition) is 1. The zero-order valence-electron chi connectivity index (χ0n) is 18.1. The van der Waals surface area contributed by atoms with E-state index in [0.29, 0.717) is 24.6 Å². The molecule has 34 heavy (non-hydrogen) atoms. The molecule has 1 unspecified atom stereocenters. The molecule has 0 radical (unpaired) electrons. The second kappa shape index (κ2) is 9.63. The van der Waals surface area contributed by atoms with Gasteiger partial charge in [0.2, 0.25) is 5.82 Å². The summed E-state index contributed by atoms with van der Waals surface area (Å²) < 4.78 is 64.7. The molecule has 12 heteroatoms. The Balaban J connectivity index is 1.61. The molecule has 1 saturated heterocycles. The van der Waals surface area contributed by atoms with Crippen LogP contribution in [0.2, 0.25) is 0 Å². The summed E-state index contributed by atoms with van der Waals surface area (Å²) in [5.74, 6) is -2.55. The highest BCUT2D eigenvalue weighted by atomic mass is 32.1. The normalized spacial score (nSPS) is 16.9. The molecule has 3 aromatic rings. The fourth-order valence-corrected chi connectivity index (χ4v) is 4.10. The molecule has 1 aromatic carbocycles. The predicted octanol–water partition coefficient (Wildman–Crippen LogP) is 4.73. The molecule has 2 aromatic heterocycles. The minimum absolute atomic E-state index is 0.116. The van der Waals surface area contributed by atoms with Crippen molar-refractivity contribution in [2.45, 2.75) is 38.6 Å². The van der Waals surface area contributed by atoms with Gasteiger partial charge in [0.15, 0.2) is 0 Å². The third-order valence-corrected chi connectivity index (χ3v) is 6.05. The van der Waals surface area contributed by atoms with Crippen molar-refractivity contribution >= 4 is 17.2 Å². The molecular formula is C22H20F4N4O3S. The summed E-state index contributed by atoms with van der Waals surface area (Å²) in [7, 11) is 0. The lowest BCUT2D eigenvalue weighted by atomic mass is 10.1. The topological polar surface area (TPSA) is 86.2 Å². The van der Waals surface area contributed by atoms with E-state index in [4.69, 9.17) is 9.47 Å². The molecule has 0 aliphatic carbocycles. The van der Waals surface area contributed by atoms with Crippen molar-refractivity contribution in [2.75, 3.05) is 13.2 Å². The maximum atomic E-state index is 15.4. The van der Waals surface area contributed by atoms with Crippen molar-refractivity contribution in [1.29, 1.82) is 0 Å². The van der Waals surface area contributed by atoms with Gasteiger partial charge in [0.25, 0.3) is 5.91 Å². The van der Waals surface area contributed by atoms with Crippen molar-refractivity contribution in [3.05, 3.63) is 58.4 Å². The maximum absolute atomic E-state index is 15.4. The SMILES string of the molecule is Cc1cnc(-c2cc(O[C@@H]3CCOC3)cc(C(=O)NC(C)c3cnc(C(F)(F)F)nc3)c2F)s1. The Morgan fingerprint density at radius 1 is 1.24 bits per heavy atom. The van der Waals surface area contributed by atoms with Crippen LogP contribution in [0.15, 0.2) is 30.7 Å². The smallest absolute Gasteiger partial charge is 0.451 e. The van der Waals surface area contributed by atoms with Crippen LogP contribution in [0.4, 0.5) is 17.6 Å². The third kappa shape index (κ3) is 5.33. The molecule has 0 spiro atoms. The first kappa shape index (κ1) is 24.0. The Labute approximate surface area is 196 Å². The van der Waals surface area contributed by atoms with E-state index in [0.717, 1.165) is 17.3 Å². The van der Waals surface area contributed by atoms with E-state index in [9.17, 15) is 18.0 Å². The highest BCUT2D eigenvalue weighted by Crippen LogP contribution is 2.34. The molecule has 7 nitrogen and oxygen atoms in total. The summed E-state index contributed by atoms with van der Waals surface area (Å²) in [6, 6.07) is 2.01. The highest BCUT2D eigenvalue weighted by molar-refractivity contribution is 7.14. The number of rotatable bonds is 6.